The van der Waals surface area contributed by atoms with Crippen LogP contribution in [-0.4, -0.2) is 53.8 Å². The van der Waals surface area contributed by atoms with E-state index >= 15 is 0 Å². The number of carbonyl (C=O) groups is 2. The van der Waals surface area contributed by atoms with E-state index in [2.05, 4.69) is 41.0 Å². The molecule has 29 heavy (non-hydrogen) atoms. The largest absolute Gasteiger partial charge is 0.369 e. The summed E-state index contributed by atoms with van der Waals surface area (Å²) in [6.07, 6.45) is 1.70. The van der Waals surface area contributed by atoms with Crippen LogP contribution in [0.4, 0.5) is 10.5 Å². The maximum Gasteiger partial charge on any atom is 0.294 e. The molecule has 150 valence electrons. The van der Waals surface area contributed by atoms with Gasteiger partial charge in [-0.05, 0) is 48.5 Å². The van der Waals surface area contributed by atoms with Crippen LogP contribution in [0.25, 0.3) is 6.08 Å². The van der Waals surface area contributed by atoms with Crippen molar-refractivity contribution in [1.82, 2.24) is 9.80 Å². The smallest absolute Gasteiger partial charge is 0.294 e. The van der Waals surface area contributed by atoms with Crippen LogP contribution in [0.15, 0.2) is 53.4 Å². The molecule has 4 rings (SSSR count). The Morgan fingerprint density at radius 2 is 1.69 bits per heavy atom. The standard InChI is InChI=1S/C22H22ClN3O2S/c1-16-6-8-18(9-7-16)25-12-10-24(11-13-25)15-26-21(27)20(29-22(26)28)14-17-4-2-3-5-19(17)23/h2-9,14H,10-13,15H2,1H3/b20-14-. The van der Waals surface area contributed by atoms with Crippen LogP contribution >= 0.6 is 23.4 Å². The van der Waals surface area contributed by atoms with Crippen molar-refractivity contribution in [2.75, 3.05) is 37.7 Å². The highest BCUT2D eigenvalue weighted by atomic mass is 35.5. The van der Waals surface area contributed by atoms with Crippen molar-refractivity contribution in [3.8, 4) is 0 Å². The molecule has 0 saturated carbocycles. The number of halogens is 1. The van der Waals surface area contributed by atoms with Gasteiger partial charge in [-0.25, -0.2) is 0 Å². The molecule has 0 unspecified atom stereocenters. The third-order valence-electron chi connectivity index (χ3n) is 5.18. The molecule has 0 aliphatic carbocycles. The number of anilines is 1. The van der Waals surface area contributed by atoms with Crippen molar-refractivity contribution in [1.29, 1.82) is 0 Å². The van der Waals surface area contributed by atoms with E-state index in [1.54, 1.807) is 12.1 Å². The maximum atomic E-state index is 12.8. The second kappa shape index (κ2) is 8.61. The van der Waals surface area contributed by atoms with Crippen LogP contribution in [0.3, 0.4) is 0 Å². The van der Waals surface area contributed by atoms with Gasteiger partial charge in [0.1, 0.15) is 0 Å². The summed E-state index contributed by atoms with van der Waals surface area (Å²) < 4.78 is 0. The van der Waals surface area contributed by atoms with E-state index < -0.39 is 0 Å². The maximum absolute atomic E-state index is 12.8. The SMILES string of the molecule is Cc1ccc(N2CCN(CN3C(=O)S/C(=C\c4ccccc4Cl)C3=O)CC2)cc1. The number of imide groups is 1. The average Bonchev–Trinajstić information content (AvgIpc) is 2.98. The lowest BCUT2D eigenvalue weighted by Gasteiger charge is -2.37. The molecular formula is C22H22ClN3O2S. The van der Waals surface area contributed by atoms with Crippen molar-refractivity contribution < 1.29 is 9.59 Å². The third-order valence-corrected chi connectivity index (χ3v) is 6.43. The van der Waals surface area contributed by atoms with Gasteiger partial charge in [-0.2, -0.15) is 0 Å². The van der Waals surface area contributed by atoms with Crippen LogP contribution in [0.2, 0.25) is 5.02 Å². The third kappa shape index (κ3) is 4.50. The predicted molar refractivity (Wildman–Crippen MR) is 119 cm³/mol. The van der Waals surface area contributed by atoms with Crippen LogP contribution in [0.1, 0.15) is 11.1 Å². The van der Waals surface area contributed by atoms with E-state index in [-0.39, 0.29) is 11.1 Å². The second-order valence-electron chi connectivity index (χ2n) is 7.21. The first-order valence-electron chi connectivity index (χ1n) is 9.55. The molecule has 0 radical (unpaired) electrons. The predicted octanol–water partition coefficient (Wildman–Crippen LogP) is 4.46. The second-order valence-corrected chi connectivity index (χ2v) is 8.61. The van der Waals surface area contributed by atoms with Gasteiger partial charge in [0.2, 0.25) is 0 Å². The highest BCUT2D eigenvalue weighted by molar-refractivity contribution is 8.18. The Morgan fingerprint density at radius 3 is 2.38 bits per heavy atom. The Balaban J connectivity index is 1.38. The average molecular weight is 428 g/mol. The molecule has 2 saturated heterocycles. The van der Waals surface area contributed by atoms with Crippen molar-refractivity contribution in [3.05, 3.63) is 69.6 Å². The van der Waals surface area contributed by atoms with E-state index in [0.717, 1.165) is 43.5 Å². The number of hydrogen-bond acceptors (Lipinski definition) is 5. The molecule has 2 aliphatic rings. The molecule has 0 bridgehead atoms. The summed E-state index contributed by atoms with van der Waals surface area (Å²) in [6, 6.07) is 15.8. The number of piperazine rings is 1. The van der Waals surface area contributed by atoms with Crippen molar-refractivity contribution in [2.24, 2.45) is 0 Å². The summed E-state index contributed by atoms with van der Waals surface area (Å²) in [7, 11) is 0. The molecule has 0 N–H and O–H groups in total. The summed E-state index contributed by atoms with van der Waals surface area (Å²) >= 11 is 7.15. The van der Waals surface area contributed by atoms with E-state index in [9.17, 15) is 9.59 Å². The molecule has 2 heterocycles. The lowest BCUT2D eigenvalue weighted by molar-refractivity contribution is -0.124. The van der Waals surface area contributed by atoms with Gasteiger partial charge in [0, 0.05) is 36.9 Å². The van der Waals surface area contributed by atoms with Gasteiger partial charge in [-0.3, -0.25) is 19.4 Å². The van der Waals surface area contributed by atoms with Gasteiger partial charge in [-0.1, -0.05) is 47.5 Å². The fraction of sp³-hybridized carbons (Fsp3) is 0.273. The zero-order valence-electron chi connectivity index (χ0n) is 16.2. The molecule has 0 aromatic heterocycles. The number of benzene rings is 2. The highest BCUT2D eigenvalue weighted by Gasteiger charge is 2.36. The number of thioether (sulfide) groups is 1. The minimum atomic E-state index is -0.249. The highest BCUT2D eigenvalue weighted by Crippen LogP contribution is 2.33. The van der Waals surface area contributed by atoms with Crippen LogP contribution in [0, 0.1) is 6.92 Å². The number of carbonyl (C=O) groups excluding carboxylic acids is 2. The zero-order valence-corrected chi connectivity index (χ0v) is 17.7. The van der Waals surface area contributed by atoms with Crippen molar-refractivity contribution in [2.45, 2.75) is 6.92 Å². The van der Waals surface area contributed by atoms with E-state index in [0.29, 0.717) is 16.6 Å². The first kappa shape index (κ1) is 20.0. The van der Waals surface area contributed by atoms with Gasteiger partial charge < -0.3 is 4.90 Å². The molecule has 2 aromatic carbocycles. The minimum absolute atomic E-state index is 0.228. The molecule has 7 heteroatoms. The van der Waals surface area contributed by atoms with E-state index in [1.807, 2.05) is 18.2 Å². The van der Waals surface area contributed by atoms with E-state index in [1.165, 1.54) is 16.2 Å². The molecule has 2 aromatic rings. The lowest BCUT2D eigenvalue weighted by atomic mass is 10.2. The van der Waals surface area contributed by atoms with Crippen LogP contribution in [-0.2, 0) is 4.79 Å². The molecular weight excluding hydrogens is 406 g/mol. The molecule has 2 amide bonds. The van der Waals surface area contributed by atoms with E-state index in [4.69, 9.17) is 11.6 Å². The molecule has 0 spiro atoms. The Bertz CT molecular complexity index is 953. The van der Waals surface area contributed by atoms with Crippen LogP contribution in [0.5, 0.6) is 0 Å². The number of nitrogens with zero attached hydrogens (tertiary/aromatic N) is 3. The van der Waals surface area contributed by atoms with Gasteiger partial charge in [0.05, 0.1) is 11.6 Å². The fourth-order valence-corrected chi connectivity index (χ4v) is 4.47. The summed E-state index contributed by atoms with van der Waals surface area (Å²) in [6.45, 7) is 5.76. The topological polar surface area (TPSA) is 43.9 Å². The molecule has 0 atom stereocenters. The zero-order chi connectivity index (χ0) is 20.4. The number of amides is 2. The van der Waals surface area contributed by atoms with Gasteiger partial charge in [0.25, 0.3) is 11.1 Å². The van der Waals surface area contributed by atoms with Crippen molar-refractivity contribution >= 4 is 46.3 Å². The monoisotopic (exact) mass is 427 g/mol. The summed E-state index contributed by atoms with van der Waals surface area (Å²) in [4.78, 5) is 31.4. The number of hydrogen-bond donors (Lipinski definition) is 0. The summed E-state index contributed by atoms with van der Waals surface area (Å²) in [5, 5.41) is 0.334. The normalized spacial score (nSPS) is 19.4. The van der Waals surface area contributed by atoms with Gasteiger partial charge in [0.15, 0.2) is 0 Å². The van der Waals surface area contributed by atoms with Gasteiger partial charge in [-0.15, -0.1) is 0 Å². The Hall–Kier alpha value is -2.28. The molecule has 2 aliphatic heterocycles. The van der Waals surface area contributed by atoms with Crippen molar-refractivity contribution in [3.63, 3.8) is 0 Å². The lowest BCUT2D eigenvalue weighted by Crippen LogP contribution is -2.50. The Kier molecular flexibility index (Phi) is 5.94. The quantitative estimate of drug-likeness (QED) is 0.674. The first-order chi connectivity index (χ1) is 14.0. The Morgan fingerprint density at radius 1 is 1.00 bits per heavy atom. The Labute approximate surface area is 179 Å². The summed E-state index contributed by atoms with van der Waals surface area (Å²) in [5.74, 6) is -0.249. The molecule has 2 fully saturated rings. The van der Waals surface area contributed by atoms with Crippen LogP contribution < -0.4 is 4.90 Å². The number of aryl methyl sites for hydroxylation is 1. The number of rotatable bonds is 4. The minimum Gasteiger partial charge on any atom is -0.369 e. The summed E-state index contributed by atoms with van der Waals surface area (Å²) in [5.41, 5.74) is 3.20. The molecule has 5 nitrogen and oxygen atoms in total. The fourth-order valence-electron chi connectivity index (χ4n) is 3.46. The first-order valence-corrected chi connectivity index (χ1v) is 10.7. The van der Waals surface area contributed by atoms with Gasteiger partial charge >= 0.3 is 0 Å².